The highest BCUT2D eigenvalue weighted by molar-refractivity contribution is 8.00. The number of anilines is 1. The summed E-state index contributed by atoms with van der Waals surface area (Å²) in [5, 5.41) is 6.15. The van der Waals surface area contributed by atoms with E-state index in [9.17, 15) is 4.79 Å². The van der Waals surface area contributed by atoms with Gasteiger partial charge in [0.1, 0.15) is 0 Å². The van der Waals surface area contributed by atoms with Crippen molar-refractivity contribution in [3.63, 3.8) is 0 Å². The summed E-state index contributed by atoms with van der Waals surface area (Å²) in [5.41, 5.74) is 2.07. The Labute approximate surface area is 106 Å². The lowest BCUT2D eigenvalue weighted by Gasteiger charge is -2.26. The van der Waals surface area contributed by atoms with Crippen LogP contribution < -0.4 is 10.6 Å². The van der Waals surface area contributed by atoms with E-state index >= 15 is 0 Å². The number of carbonyl (C=O) groups is 1. The normalized spacial score (nSPS) is 16.6. The zero-order chi connectivity index (χ0) is 12.4. The number of thioether (sulfide) groups is 1. The fourth-order valence-electron chi connectivity index (χ4n) is 1.99. The standard InChI is InChI=1S/C12H17N3OS/c1-13-12(15(2)3)8-4-5-10-9(6-8)14-11(16)7-17-10/h4-6,12-13H,7H2,1-3H3,(H,14,16). The zero-order valence-corrected chi connectivity index (χ0v) is 11.1. The first kappa shape index (κ1) is 12.4. The molecule has 2 rings (SSSR count). The Morgan fingerprint density at radius 1 is 1.47 bits per heavy atom. The van der Waals surface area contributed by atoms with E-state index in [-0.39, 0.29) is 12.1 Å². The van der Waals surface area contributed by atoms with Crippen LogP contribution in [0, 0.1) is 0 Å². The van der Waals surface area contributed by atoms with Crippen LogP contribution in [0.25, 0.3) is 0 Å². The van der Waals surface area contributed by atoms with E-state index < -0.39 is 0 Å². The average Bonchev–Trinajstić information content (AvgIpc) is 2.29. The number of nitrogens with zero attached hydrogens (tertiary/aromatic N) is 1. The minimum atomic E-state index is 0.0745. The third-order valence-electron chi connectivity index (χ3n) is 2.74. The maximum atomic E-state index is 11.4. The molecule has 0 aliphatic carbocycles. The zero-order valence-electron chi connectivity index (χ0n) is 10.3. The van der Waals surface area contributed by atoms with Gasteiger partial charge in [0.25, 0.3) is 0 Å². The summed E-state index contributed by atoms with van der Waals surface area (Å²) in [4.78, 5) is 14.6. The smallest absolute Gasteiger partial charge is 0.234 e. The predicted octanol–water partition coefficient (Wildman–Crippen LogP) is 1.51. The molecule has 1 aliphatic heterocycles. The summed E-state index contributed by atoms with van der Waals surface area (Å²) in [6, 6.07) is 6.22. The van der Waals surface area contributed by atoms with E-state index in [0.29, 0.717) is 5.75 Å². The molecule has 1 heterocycles. The molecule has 0 spiro atoms. The predicted molar refractivity (Wildman–Crippen MR) is 71.3 cm³/mol. The third-order valence-corrected chi connectivity index (χ3v) is 3.82. The van der Waals surface area contributed by atoms with Gasteiger partial charge in [-0.15, -0.1) is 11.8 Å². The highest BCUT2D eigenvalue weighted by Crippen LogP contribution is 2.33. The molecule has 0 saturated carbocycles. The van der Waals surface area contributed by atoms with Crippen molar-refractivity contribution >= 4 is 23.4 Å². The number of hydrogen-bond donors (Lipinski definition) is 2. The largest absolute Gasteiger partial charge is 0.324 e. The number of nitrogens with one attached hydrogen (secondary N) is 2. The number of amides is 1. The summed E-state index contributed by atoms with van der Waals surface area (Å²) in [5.74, 6) is 0.584. The van der Waals surface area contributed by atoms with Crippen LogP contribution in [0.3, 0.4) is 0 Å². The van der Waals surface area contributed by atoms with E-state index in [1.807, 2.05) is 27.2 Å². The Morgan fingerprint density at radius 3 is 2.88 bits per heavy atom. The van der Waals surface area contributed by atoms with Crippen molar-refractivity contribution in [3.8, 4) is 0 Å². The second-order valence-electron chi connectivity index (χ2n) is 4.25. The van der Waals surface area contributed by atoms with Gasteiger partial charge in [-0.2, -0.15) is 0 Å². The van der Waals surface area contributed by atoms with E-state index in [0.717, 1.165) is 16.1 Å². The SMILES string of the molecule is CNC(c1ccc2c(c1)NC(=O)CS2)N(C)C. The van der Waals surface area contributed by atoms with Crippen LogP contribution in [0.4, 0.5) is 5.69 Å². The molecule has 1 aromatic carbocycles. The molecule has 1 atom stereocenters. The summed E-state index contributed by atoms with van der Waals surface area (Å²) >= 11 is 1.59. The summed E-state index contributed by atoms with van der Waals surface area (Å²) in [6.45, 7) is 0. The van der Waals surface area contributed by atoms with Gasteiger partial charge in [-0.3, -0.25) is 9.69 Å². The average molecular weight is 251 g/mol. The van der Waals surface area contributed by atoms with Crippen LogP contribution in [0.2, 0.25) is 0 Å². The first-order valence-corrected chi connectivity index (χ1v) is 6.50. The molecule has 0 bridgehead atoms. The Kier molecular flexibility index (Phi) is 3.71. The minimum absolute atomic E-state index is 0.0745. The van der Waals surface area contributed by atoms with Crippen molar-refractivity contribution in [2.45, 2.75) is 11.1 Å². The molecule has 1 unspecified atom stereocenters. The molecular weight excluding hydrogens is 234 g/mol. The van der Waals surface area contributed by atoms with Crippen molar-refractivity contribution in [1.29, 1.82) is 0 Å². The van der Waals surface area contributed by atoms with Crippen LogP contribution in [0.15, 0.2) is 23.1 Å². The van der Waals surface area contributed by atoms with Crippen LogP contribution >= 0.6 is 11.8 Å². The summed E-state index contributed by atoms with van der Waals surface area (Å²) in [6.07, 6.45) is 0.157. The van der Waals surface area contributed by atoms with Crippen molar-refractivity contribution in [3.05, 3.63) is 23.8 Å². The molecule has 0 radical (unpaired) electrons. The highest BCUT2D eigenvalue weighted by atomic mass is 32.2. The van der Waals surface area contributed by atoms with Gasteiger partial charge in [0.15, 0.2) is 0 Å². The molecule has 5 heteroatoms. The van der Waals surface area contributed by atoms with Gasteiger partial charge in [-0.25, -0.2) is 0 Å². The summed E-state index contributed by atoms with van der Waals surface area (Å²) in [7, 11) is 5.97. The number of fused-ring (bicyclic) bond motifs is 1. The molecule has 1 amide bonds. The first-order chi connectivity index (χ1) is 8.11. The maximum Gasteiger partial charge on any atom is 0.234 e. The van der Waals surface area contributed by atoms with Gasteiger partial charge in [0.2, 0.25) is 5.91 Å². The fourth-order valence-corrected chi connectivity index (χ4v) is 2.78. The minimum Gasteiger partial charge on any atom is -0.324 e. The van der Waals surface area contributed by atoms with Gasteiger partial charge in [0.05, 0.1) is 17.6 Å². The number of carbonyl (C=O) groups excluding carboxylic acids is 1. The van der Waals surface area contributed by atoms with Gasteiger partial charge in [0, 0.05) is 4.90 Å². The van der Waals surface area contributed by atoms with Crippen LogP contribution in [-0.2, 0) is 4.79 Å². The Hall–Kier alpha value is -1.04. The molecular formula is C12H17N3OS. The number of rotatable bonds is 3. The van der Waals surface area contributed by atoms with Gasteiger partial charge in [-0.05, 0) is 38.8 Å². The van der Waals surface area contributed by atoms with Crippen molar-refractivity contribution in [1.82, 2.24) is 10.2 Å². The third kappa shape index (κ3) is 2.62. The van der Waals surface area contributed by atoms with Gasteiger partial charge < -0.3 is 10.6 Å². The van der Waals surface area contributed by atoms with Crippen LogP contribution in [-0.4, -0.2) is 37.7 Å². The van der Waals surface area contributed by atoms with E-state index in [4.69, 9.17) is 0 Å². The molecule has 0 saturated heterocycles. The van der Waals surface area contributed by atoms with Crippen molar-refractivity contribution in [2.75, 3.05) is 32.2 Å². The lowest BCUT2D eigenvalue weighted by molar-refractivity contribution is -0.113. The van der Waals surface area contributed by atoms with Crippen LogP contribution in [0.5, 0.6) is 0 Å². The molecule has 1 aliphatic rings. The number of hydrogen-bond acceptors (Lipinski definition) is 4. The first-order valence-electron chi connectivity index (χ1n) is 5.52. The quantitative estimate of drug-likeness (QED) is 0.799. The Bertz CT molecular complexity index is 434. The molecule has 2 N–H and O–H groups in total. The Balaban J connectivity index is 2.32. The summed E-state index contributed by atoms with van der Waals surface area (Å²) < 4.78 is 0. The molecule has 0 aromatic heterocycles. The topological polar surface area (TPSA) is 44.4 Å². The molecule has 92 valence electrons. The molecule has 4 nitrogen and oxygen atoms in total. The Morgan fingerprint density at radius 2 is 2.24 bits per heavy atom. The van der Waals surface area contributed by atoms with Crippen molar-refractivity contribution in [2.24, 2.45) is 0 Å². The molecule has 0 fully saturated rings. The van der Waals surface area contributed by atoms with E-state index in [2.05, 4.69) is 27.7 Å². The van der Waals surface area contributed by atoms with Gasteiger partial charge >= 0.3 is 0 Å². The fraction of sp³-hybridized carbons (Fsp3) is 0.417. The van der Waals surface area contributed by atoms with Crippen LogP contribution in [0.1, 0.15) is 11.7 Å². The number of benzene rings is 1. The van der Waals surface area contributed by atoms with Gasteiger partial charge in [-0.1, -0.05) is 6.07 Å². The highest BCUT2D eigenvalue weighted by Gasteiger charge is 2.18. The van der Waals surface area contributed by atoms with E-state index in [1.54, 1.807) is 11.8 Å². The maximum absolute atomic E-state index is 11.4. The lowest BCUT2D eigenvalue weighted by atomic mass is 10.1. The monoisotopic (exact) mass is 251 g/mol. The molecule has 17 heavy (non-hydrogen) atoms. The van der Waals surface area contributed by atoms with Crippen molar-refractivity contribution < 1.29 is 4.79 Å². The van der Waals surface area contributed by atoms with E-state index in [1.165, 1.54) is 0 Å². The second kappa shape index (κ2) is 5.08. The lowest BCUT2D eigenvalue weighted by Crippen LogP contribution is -2.31. The molecule has 1 aromatic rings. The second-order valence-corrected chi connectivity index (χ2v) is 5.26.